The van der Waals surface area contributed by atoms with Crippen molar-refractivity contribution in [2.45, 2.75) is 70.7 Å². The van der Waals surface area contributed by atoms with Crippen LogP contribution in [0, 0.1) is 11.7 Å². The fourth-order valence-corrected chi connectivity index (χ4v) is 7.44. The Balaban J connectivity index is 1.24. The summed E-state index contributed by atoms with van der Waals surface area (Å²) >= 11 is 0. The molecule has 2 aliphatic heterocycles. The highest BCUT2D eigenvalue weighted by molar-refractivity contribution is 6.03. The van der Waals surface area contributed by atoms with Gasteiger partial charge in [0.25, 0.3) is 0 Å². The summed E-state index contributed by atoms with van der Waals surface area (Å²) in [5, 5.41) is 11.3. The van der Waals surface area contributed by atoms with Gasteiger partial charge >= 0.3 is 11.9 Å². The molecular formula is C47H46FNO9. The van der Waals surface area contributed by atoms with E-state index in [1.54, 1.807) is 41.3 Å². The molecule has 0 spiro atoms. The van der Waals surface area contributed by atoms with Gasteiger partial charge in [-0.2, -0.15) is 0 Å². The predicted octanol–water partition coefficient (Wildman–Crippen LogP) is 8.76. The Bertz CT molecular complexity index is 2230. The molecule has 1 N–H and O–H groups in total. The van der Waals surface area contributed by atoms with Crippen molar-refractivity contribution in [2.24, 2.45) is 5.92 Å². The first-order valence-electron chi connectivity index (χ1n) is 19.2. The maximum Gasteiger partial charge on any atom is 0.308 e. The number of esters is 2. The van der Waals surface area contributed by atoms with E-state index in [0.717, 1.165) is 22.3 Å². The lowest BCUT2D eigenvalue weighted by atomic mass is 9.77. The number of hydrogen-bond acceptors (Lipinski definition) is 9. The molecule has 2 heterocycles. The van der Waals surface area contributed by atoms with Gasteiger partial charge in [-0.1, -0.05) is 78.9 Å². The molecule has 1 amide bonds. The molecule has 10 nitrogen and oxygen atoms in total. The van der Waals surface area contributed by atoms with Gasteiger partial charge in [0.2, 0.25) is 5.91 Å². The molecule has 0 saturated carbocycles. The van der Waals surface area contributed by atoms with E-state index < -0.39 is 47.2 Å². The smallest absolute Gasteiger partial charge is 0.308 e. The van der Waals surface area contributed by atoms with Gasteiger partial charge in [-0.15, -0.1) is 0 Å². The van der Waals surface area contributed by atoms with E-state index in [-0.39, 0.29) is 25.7 Å². The summed E-state index contributed by atoms with van der Waals surface area (Å²) in [6, 6.07) is 35.3. The number of benzene rings is 5. The molecule has 300 valence electrons. The van der Waals surface area contributed by atoms with Gasteiger partial charge in [-0.3, -0.25) is 14.4 Å². The van der Waals surface area contributed by atoms with Crippen LogP contribution in [0.15, 0.2) is 121 Å². The Kier molecular flexibility index (Phi) is 11.8. The minimum Gasteiger partial charge on any atom is -0.489 e. The fraction of sp³-hybridized carbons (Fsp3) is 0.298. The summed E-state index contributed by atoms with van der Waals surface area (Å²) in [6.07, 6.45) is -0.0449. The zero-order chi connectivity index (χ0) is 41.0. The topological polar surface area (TPSA) is 121 Å². The van der Waals surface area contributed by atoms with Crippen molar-refractivity contribution in [3.63, 3.8) is 0 Å². The maximum atomic E-state index is 14.2. The minimum absolute atomic E-state index is 0.0985. The van der Waals surface area contributed by atoms with Crippen LogP contribution in [-0.2, 0) is 40.8 Å². The van der Waals surface area contributed by atoms with E-state index in [1.807, 2.05) is 86.6 Å². The van der Waals surface area contributed by atoms with Crippen LogP contribution < -0.4 is 14.4 Å². The van der Waals surface area contributed by atoms with E-state index in [0.29, 0.717) is 41.2 Å². The Morgan fingerprint density at radius 3 is 2.14 bits per heavy atom. The summed E-state index contributed by atoms with van der Waals surface area (Å²) in [6.45, 7) is 6.73. The van der Waals surface area contributed by atoms with Crippen LogP contribution in [0.3, 0.4) is 0 Å². The Morgan fingerprint density at radius 2 is 1.50 bits per heavy atom. The van der Waals surface area contributed by atoms with E-state index in [1.165, 1.54) is 26.0 Å². The molecule has 7 rings (SSSR count). The molecule has 0 radical (unpaired) electrons. The Morgan fingerprint density at radius 1 is 0.845 bits per heavy atom. The van der Waals surface area contributed by atoms with Crippen molar-refractivity contribution in [1.29, 1.82) is 0 Å². The van der Waals surface area contributed by atoms with Crippen LogP contribution in [0.2, 0.25) is 0 Å². The third-order valence-electron chi connectivity index (χ3n) is 10.5. The first-order valence-corrected chi connectivity index (χ1v) is 19.2. The molecule has 58 heavy (non-hydrogen) atoms. The van der Waals surface area contributed by atoms with E-state index in [4.69, 9.17) is 23.7 Å². The number of halogens is 1. The largest absolute Gasteiger partial charge is 0.489 e. The lowest BCUT2D eigenvalue weighted by Crippen LogP contribution is -2.55. The fourth-order valence-electron chi connectivity index (χ4n) is 7.44. The van der Waals surface area contributed by atoms with Crippen LogP contribution >= 0.6 is 0 Å². The number of carbonyl (C=O) groups excluding carboxylic acids is 3. The van der Waals surface area contributed by atoms with E-state index in [9.17, 15) is 23.9 Å². The van der Waals surface area contributed by atoms with Gasteiger partial charge in [0.05, 0.1) is 25.2 Å². The highest BCUT2D eigenvalue weighted by atomic mass is 19.1. The SMILES string of the molecule is CC(=O)Oc1ccc(N2C(=O)C(CCC(OC(C)=O)c3ccc(F)cc3)C2c2ccc(-c3ccc(C4(O)COC(C)(C)OC4)cc3)cc2OCc2ccccc2)cc1. The number of ether oxygens (including phenoxy) is 5. The maximum absolute atomic E-state index is 14.2. The van der Waals surface area contributed by atoms with Gasteiger partial charge < -0.3 is 33.7 Å². The Hall–Kier alpha value is -5.88. The zero-order valence-corrected chi connectivity index (χ0v) is 32.9. The van der Waals surface area contributed by atoms with E-state index >= 15 is 0 Å². The molecule has 11 heteroatoms. The van der Waals surface area contributed by atoms with Crippen LogP contribution in [0.4, 0.5) is 10.1 Å². The van der Waals surface area contributed by atoms with Crippen molar-refractivity contribution < 1.29 is 47.6 Å². The van der Waals surface area contributed by atoms with E-state index in [2.05, 4.69) is 0 Å². The van der Waals surface area contributed by atoms with Crippen LogP contribution in [0.25, 0.3) is 11.1 Å². The number of nitrogens with zero attached hydrogens (tertiary/aromatic N) is 1. The standard InChI is InChI=1S/C47H46FNO9/c1-30(50)57-39-21-19-38(20-22-39)49-44(41(45(49)52)24-25-42(58-31(2)51)34-12-17-37(48)18-13-34)40-23-14-35(26-43(40)54-27-32-8-6-5-7-9-32)33-10-15-36(16-11-33)47(53)28-55-46(3,4)56-29-47/h5-23,26,41-42,44,53H,24-25,27-29H2,1-4H3. The quantitative estimate of drug-likeness (QED) is 0.0710. The Labute approximate surface area is 337 Å². The van der Waals surface area contributed by atoms with Crippen molar-refractivity contribution in [3.05, 3.63) is 149 Å². The first-order chi connectivity index (χ1) is 27.8. The predicted molar refractivity (Wildman–Crippen MR) is 214 cm³/mol. The molecule has 2 saturated heterocycles. The lowest BCUT2D eigenvalue weighted by Gasteiger charge is -2.48. The normalized spacial score (nSPS) is 18.8. The van der Waals surface area contributed by atoms with Crippen LogP contribution in [-0.4, -0.2) is 42.0 Å². The van der Waals surface area contributed by atoms with Crippen molar-refractivity contribution in [1.82, 2.24) is 0 Å². The number of amides is 1. The average molecular weight is 788 g/mol. The first kappa shape index (κ1) is 40.3. The summed E-state index contributed by atoms with van der Waals surface area (Å²) in [7, 11) is 0. The second-order valence-corrected chi connectivity index (χ2v) is 15.2. The highest BCUT2D eigenvalue weighted by Crippen LogP contribution is 2.50. The van der Waals surface area contributed by atoms with Gasteiger partial charge in [-0.25, -0.2) is 4.39 Å². The monoisotopic (exact) mass is 787 g/mol. The molecule has 5 aromatic carbocycles. The summed E-state index contributed by atoms with van der Waals surface area (Å²) in [5.74, 6) is -1.89. The van der Waals surface area contributed by atoms with Gasteiger partial charge in [0.1, 0.15) is 35.6 Å². The number of rotatable bonds is 13. The number of aliphatic hydroxyl groups is 1. The molecule has 3 unspecified atom stereocenters. The number of carbonyl (C=O) groups is 3. The van der Waals surface area contributed by atoms with Crippen molar-refractivity contribution >= 4 is 23.5 Å². The van der Waals surface area contributed by atoms with Crippen LogP contribution in [0.1, 0.15) is 74.9 Å². The third kappa shape index (κ3) is 9.12. The number of β-lactam (4-membered cyclic amide) rings is 1. The molecule has 5 aromatic rings. The summed E-state index contributed by atoms with van der Waals surface area (Å²) in [5.41, 5.74) is 4.06. The third-order valence-corrected chi connectivity index (χ3v) is 10.5. The highest BCUT2D eigenvalue weighted by Gasteiger charge is 2.50. The van der Waals surface area contributed by atoms with Gasteiger partial charge in [0, 0.05) is 25.1 Å². The minimum atomic E-state index is -1.29. The summed E-state index contributed by atoms with van der Waals surface area (Å²) in [4.78, 5) is 39.7. The second kappa shape index (κ2) is 16.9. The van der Waals surface area contributed by atoms with Crippen LogP contribution in [0.5, 0.6) is 11.5 Å². The molecule has 0 bridgehead atoms. The lowest BCUT2D eigenvalue weighted by molar-refractivity contribution is -0.305. The number of anilines is 1. The molecular weight excluding hydrogens is 742 g/mol. The van der Waals surface area contributed by atoms with Gasteiger partial charge in [-0.05, 0) is 97.0 Å². The zero-order valence-electron chi connectivity index (χ0n) is 32.9. The summed E-state index contributed by atoms with van der Waals surface area (Å²) < 4.78 is 42.9. The second-order valence-electron chi connectivity index (χ2n) is 15.2. The molecule has 2 aliphatic rings. The van der Waals surface area contributed by atoms with Gasteiger partial charge in [0.15, 0.2) is 5.79 Å². The number of hydrogen-bond donors (Lipinski definition) is 1. The molecule has 0 aliphatic carbocycles. The molecule has 2 fully saturated rings. The molecule has 0 aromatic heterocycles. The van der Waals surface area contributed by atoms with Crippen molar-refractivity contribution in [3.8, 4) is 22.6 Å². The molecule has 3 atom stereocenters. The average Bonchev–Trinajstić information content (AvgIpc) is 3.21. The van der Waals surface area contributed by atoms with Crippen molar-refractivity contribution in [2.75, 3.05) is 18.1 Å².